The van der Waals surface area contributed by atoms with E-state index in [9.17, 15) is 9.90 Å². The van der Waals surface area contributed by atoms with Crippen LogP contribution in [0.5, 0.6) is 5.75 Å². The molecule has 1 aromatic carbocycles. The van der Waals surface area contributed by atoms with Crippen molar-refractivity contribution in [3.05, 3.63) is 29.8 Å². The van der Waals surface area contributed by atoms with Gasteiger partial charge in [0.25, 0.3) is 0 Å². The van der Waals surface area contributed by atoms with E-state index in [1.54, 1.807) is 13.2 Å². The number of aromatic hydroxyl groups is 1. The van der Waals surface area contributed by atoms with Crippen molar-refractivity contribution in [2.75, 3.05) is 59.5 Å². The molecular weight excluding hydrogens is 344 g/mol. The summed E-state index contributed by atoms with van der Waals surface area (Å²) in [6.45, 7) is 7.85. The number of carbonyl (C=O) groups excluding carboxylic acids is 1. The van der Waals surface area contributed by atoms with Gasteiger partial charge in [0.15, 0.2) is 0 Å². The van der Waals surface area contributed by atoms with Gasteiger partial charge in [-0.3, -0.25) is 9.80 Å². The quantitative estimate of drug-likeness (QED) is 0.784. The molecule has 2 heterocycles. The zero-order valence-electron chi connectivity index (χ0n) is 16.3. The summed E-state index contributed by atoms with van der Waals surface area (Å²) in [7, 11) is 1.72. The molecule has 7 heteroatoms. The van der Waals surface area contributed by atoms with Crippen LogP contribution < -0.4 is 5.32 Å². The summed E-state index contributed by atoms with van der Waals surface area (Å²) in [5.41, 5.74) is 1.13. The number of rotatable bonds is 6. The van der Waals surface area contributed by atoms with Crippen LogP contribution in [-0.2, 0) is 11.3 Å². The minimum atomic E-state index is 0.0767. The van der Waals surface area contributed by atoms with E-state index in [-0.39, 0.29) is 12.1 Å². The van der Waals surface area contributed by atoms with Gasteiger partial charge in [0.05, 0.1) is 6.61 Å². The lowest BCUT2D eigenvalue weighted by Crippen LogP contribution is -2.55. The van der Waals surface area contributed by atoms with Crippen molar-refractivity contribution >= 4 is 6.03 Å². The molecule has 2 N–H and O–H groups in total. The largest absolute Gasteiger partial charge is 0.508 e. The van der Waals surface area contributed by atoms with E-state index < -0.39 is 0 Å². The van der Waals surface area contributed by atoms with E-state index in [0.717, 1.165) is 77.4 Å². The van der Waals surface area contributed by atoms with Gasteiger partial charge in [0.2, 0.25) is 0 Å². The molecule has 0 spiro atoms. The molecule has 0 bridgehead atoms. The number of benzene rings is 1. The number of hydrogen-bond acceptors (Lipinski definition) is 5. The molecule has 2 fully saturated rings. The van der Waals surface area contributed by atoms with Gasteiger partial charge in [-0.05, 0) is 30.5 Å². The number of ether oxygens (including phenoxy) is 1. The first-order valence-electron chi connectivity index (χ1n) is 9.91. The second kappa shape index (κ2) is 9.92. The number of piperidine rings is 1. The molecule has 27 heavy (non-hydrogen) atoms. The Kier molecular flexibility index (Phi) is 7.32. The maximum absolute atomic E-state index is 12.5. The van der Waals surface area contributed by atoms with Gasteiger partial charge in [0.1, 0.15) is 5.75 Å². The third-order valence-electron chi connectivity index (χ3n) is 5.50. The molecular formula is C20H32N4O3. The highest BCUT2D eigenvalue weighted by molar-refractivity contribution is 5.74. The predicted molar refractivity (Wildman–Crippen MR) is 105 cm³/mol. The number of hydrogen-bond donors (Lipinski definition) is 2. The molecule has 0 atom stereocenters. The third kappa shape index (κ3) is 6.09. The van der Waals surface area contributed by atoms with Gasteiger partial charge in [0, 0.05) is 65.5 Å². The Morgan fingerprint density at radius 1 is 1.15 bits per heavy atom. The molecule has 2 aliphatic heterocycles. The van der Waals surface area contributed by atoms with Crippen LogP contribution in [0.1, 0.15) is 18.4 Å². The first-order chi connectivity index (χ1) is 13.1. The molecule has 0 radical (unpaired) electrons. The minimum Gasteiger partial charge on any atom is -0.508 e. The molecule has 7 nitrogen and oxygen atoms in total. The van der Waals surface area contributed by atoms with Crippen LogP contribution in [0.2, 0.25) is 0 Å². The van der Waals surface area contributed by atoms with Crippen LogP contribution in [0.4, 0.5) is 4.79 Å². The van der Waals surface area contributed by atoms with E-state index in [1.807, 2.05) is 23.1 Å². The SMILES string of the molecule is COCCN1CCN(C(=O)NC2CCN(Cc3cccc(O)c3)CC2)CC1. The molecule has 0 aromatic heterocycles. The second-order valence-corrected chi connectivity index (χ2v) is 7.49. The molecule has 1 aromatic rings. The standard InChI is InChI=1S/C20H32N4O3/c1-27-14-13-22-9-11-24(12-10-22)20(26)21-18-5-7-23(8-6-18)16-17-3-2-4-19(25)15-17/h2-4,15,18,25H,5-14,16H2,1H3,(H,21,26). The van der Waals surface area contributed by atoms with Gasteiger partial charge in [-0.25, -0.2) is 4.79 Å². The van der Waals surface area contributed by atoms with Gasteiger partial charge in [-0.2, -0.15) is 0 Å². The van der Waals surface area contributed by atoms with E-state index >= 15 is 0 Å². The number of nitrogens with one attached hydrogen (secondary N) is 1. The van der Waals surface area contributed by atoms with Crippen molar-refractivity contribution < 1.29 is 14.6 Å². The van der Waals surface area contributed by atoms with Crippen LogP contribution >= 0.6 is 0 Å². The minimum absolute atomic E-state index is 0.0767. The average molecular weight is 377 g/mol. The molecule has 0 unspecified atom stereocenters. The van der Waals surface area contributed by atoms with E-state index in [2.05, 4.69) is 15.1 Å². The van der Waals surface area contributed by atoms with Crippen molar-refractivity contribution in [3.63, 3.8) is 0 Å². The Morgan fingerprint density at radius 2 is 1.89 bits per heavy atom. The molecule has 0 aliphatic carbocycles. The Balaban J connectivity index is 1.36. The number of phenolic OH excluding ortho intramolecular Hbond substituents is 1. The van der Waals surface area contributed by atoms with Crippen LogP contribution in [0.3, 0.4) is 0 Å². The zero-order chi connectivity index (χ0) is 19.1. The zero-order valence-corrected chi connectivity index (χ0v) is 16.3. The van der Waals surface area contributed by atoms with Crippen LogP contribution in [-0.4, -0.2) is 91.4 Å². The van der Waals surface area contributed by atoms with Gasteiger partial charge >= 0.3 is 6.03 Å². The normalized spacial score (nSPS) is 20.0. The summed E-state index contributed by atoms with van der Waals surface area (Å²) in [5, 5.41) is 12.8. The number of nitrogens with zero attached hydrogens (tertiary/aromatic N) is 3. The van der Waals surface area contributed by atoms with Crippen molar-refractivity contribution in [3.8, 4) is 5.75 Å². The van der Waals surface area contributed by atoms with Gasteiger partial charge in [-0.15, -0.1) is 0 Å². The summed E-state index contributed by atoms with van der Waals surface area (Å²) in [4.78, 5) is 19.2. The fourth-order valence-electron chi connectivity index (χ4n) is 3.81. The first kappa shape index (κ1) is 19.9. The maximum Gasteiger partial charge on any atom is 0.317 e. The summed E-state index contributed by atoms with van der Waals surface area (Å²) in [6, 6.07) is 7.77. The highest BCUT2D eigenvalue weighted by atomic mass is 16.5. The topological polar surface area (TPSA) is 68.3 Å². The van der Waals surface area contributed by atoms with E-state index in [4.69, 9.17) is 4.74 Å². The predicted octanol–water partition coefficient (Wildman–Crippen LogP) is 1.33. The number of phenols is 1. The fraction of sp³-hybridized carbons (Fsp3) is 0.650. The smallest absolute Gasteiger partial charge is 0.317 e. The molecule has 2 aliphatic rings. The van der Waals surface area contributed by atoms with Crippen molar-refractivity contribution in [2.24, 2.45) is 0 Å². The number of urea groups is 1. The van der Waals surface area contributed by atoms with Crippen molar-refractivity contribution in [1.29, 1.82) is 0 Å². The summed E-state index contributed by atoms with van der Waals surface area (Å²) < 4.78 is 5.12. The number of likely N-dealkylation sites (tertiary alicyclic amines) is 1. The number of amides is 2. The van der Waals surface area contributed by atoms with Gasteiger partial charge in [-0.1, -0.05) is 12.1 Å². The van der Waals surface area contributed by atoms with E-state index in [1.165, 1.54) is 0 Å². The van der Waals surface area contributed by atoms with Crippen LogP contribution in [0, 0.1) is 0 Å². The third-order valence-corrected chi connectivity index (χ3v) is 5.50. The van der Waals surface area contributed by atoms with Crippen LogP contribution in [0.15, 0.2) is 24.3 Å². The molecule has 3 rings (SSSR count). The Hall–Kier alpha value is -1.83. The lowest BCUT2D eigenvalue weighted by atomic mass is 10.0. The van der Waals surface area contributed by atoms with E-state index in [0.29, 0.717) is 5.75 Å². The lowest BCUT2D eigenvalue weighted by molar-refractivity contribution is 0.103. The van der Waals surface area contributed by atoms with Gasteiger partial charge < -0.3 is 20.1 Å². The molecule has 150 valence electrons. The monoisotopic (exact) mass is 376 g/mol. The number of methoxy groups -OCH3 is 1. The number of piperazine rings is 1. The Bertz CT molecular complexity index is 597. The average Bonchev–Trinajstić information content (AvgIpc) is 2.68. The molecule has 2 amide bonds. The first-order valence-corrected chi connectivity index (χ1v) is 9.91. The molecule has 2 saturated heterocycles. The highest BCUT2D eigenvalue weighted by Crippen LogP contribution is 2.17. The Morgan fingerprint density at radius 3 is 2.56 bits per heavy atom. The van der Waals surface area contributed by atoms with Crippen LogP contribution in [0.25, 0.3) is 0 Å². The number of carbonyl (C=O) groups is 1. The maximum atomic E-state index is 12.5. The highest BCUT2D eigenvalue weighted by Gasteiger charge is 2.25. The summed E-state index contributed by atoms with van der Waals surface area (Å²) in [6.07, 6.45) is 1.94. The van der Waals surface area contributed by atoms with Crippen molar-refractivity contribution in [2.45, 2.75) is 25.4 Å². The van der Waals surface area contributed by atoms with Crippen molar-refractivity contribution in [1.82, 2.24) is 20.0 Å². The fourth-order valence-corrected chi connectivity index (χ4v) is 3.81. The second-order valence-electron chi connectivity index (χ2n) is 7.49. The molecule has 0 saturated carbocycles. The Labute approximate surface area is 161 Å². The summed E-state index contributed by atoms with van der Waals surface area (Å²) in [5.74, 6) is 0.317. The summed E-state index contributed by atoms with van der Waals surface area (Å²) >= 11 is 0. The lowest BCUT2D eigenvalue weighted by Gasteiger charge is -2.37.